The van der Waals surface area contributed by atoms with Gasteiger partial charge in [-0.25, -0.2) is 4.99 Å². The molecule has 1 amide bonds. The maximum absolute atomic E-state index is 12.4. The third-order valence-electron chi connectivity index (χ3n) is 4.53. The van der Waals surface area contributed by atoms with Crippen LogP contribution in [0, 0.1) is 6.92 Å². The van der Waals surface area contributed by atoms with E-state index in [2.05, 4.69) is 26.2 Å². The Hall–Kier alpha value is -2.25. The average Bonchev–Trinajstić information content (AvgIpc) is 3.09. The molecule has 0 unspecified atom stereocenters. The zero-order valence-electron chi connectivity index (χ0n) is 16.9. The Morgan fingerprint density at radius 1 is 1.06 bits per heavy atom. The van der Waals surface area contributed by atoms with Gasteiger partial charge in [0.2, 0.25) is 0 Å². The maximum Gasteiger partial charge on any atom is 0.264 e. The highest BCUT2D eigenvalue weighted by Gasteiger charge is 2.24. The smallest absolute Gasteiger partial charge is 0.264 e. The van der Waals surface area contributed by atoms with Crippen molar-refractivity contribution in [3.05, 3.63) is 96.8 Å². The predicted molar refractivity (Wildman–Crippen MR) is 137 cm³/mol. The first-order valence-corrected chi connectivity index (χ1v) is 12.0. The molecular weight excluding hydrogens is 531 g/mol. The van der Waals surface area contributed by atoms with Gasteiger partial charge in [0.05, 0.1) is 20.6 Å². The van der Waals surface area contributed by atoms with E-state index in [9.17, 15) is 4.79 Å². The Bertz CT molecular complexity index is 1200. The summed E-state index contributed by atoms with van der Waals surface area (Å²) in [6, 6.07) is 19.0. The summed E-state index contributed by atoms with van der Waals surface area (Å²) in [5.74, 6) is 0.187. The van der Waals surface area contributed by atoms with Crippen molar-refractivity contribution in [2.75, 3.05) is 0 Å². The minimum absolute atomic E-state index is 0.219. The van der Waals surface area contributed by atoms with Gasteiger partial charge in [0, 0.05) is 4.47 Å². The number of nitrogens with zero attached hydrogens (tertiary/aromatic N) is 1. The summed E-state index contributed by atoms with van der Waals surface area (Å²) in [7, 11) is 0. The lowest BCUT2D eigenvalue weighted by Crippen LogP contribution is -2.19. The molecule has 1 heterocycles. The van der Waals surface area contributed by atoms with E-state index in [1.54, 1.807) is 18.2 Å². The summed E-state index contributed by atoms with van der Waals surface area (Å²) in [5.41, 5.74) is 3.62. The van der Waals surface area contributed by atoms with Gasteiger partial charge in [-0.15, -0.1) is 0 Å². The number of halogens is 3. The molecule has 1 saturated heterocycles. The number of carbonyl (C=O) groups is 1. The fourth-order valence-corrected chi connectivity index (χ4v) is 4.62. The molecule has 4 nitrogen and oxygen atoms in total. The Balaban J connectivity index is 1.49. The van der Waals surface area contributed by atoms with E-state index in [0.717, 1.165) is 21.3 Å². The van der Waals surface area contributed by atoms with Gasteiger partial charge < -0.3 is 10.1 Å². The Labute approximate surface area is 208 Å². The molecular formula is C24H17BrCl2N2O2S. The maximum atomic E-state index is 12.4. The summed E-state index contributed by atoms with van der Waals surface area (Å²) < 4.78 is 6.82. The molecule has 1 aliphatic heterocycles. The molecule has 1 fully saturated rings. The first-order valence-electron chi connectivity index (χ1n) is 9.60. The van der Waals surface area contributed by atoms with Gasteiger partial charge in [-0.05, 0) is 72.3 Å². The third kappa shape index (κ3) is 5.75. The van der Waals surface area contributed by atoms with Crippen LogP contribution >= 0.6 is 50.9 Å². The summed E-state index contributed by atoms with van der Waals surface area (Å²) in [4.78, 5) is 17.4. The van der Waals surface area contributed by atoms with Crippen molar-refractivity contribution in [2.24, 2.45) is 4.99 Å². The van der Waals surface area contributed by atoms with Crippen molar-refractivity contribution in [3.8, 4) is 5.75 Å². The lowest BCUT2D eigenvalue weighted by atomic mass is 10.2. The van der Waals surface area contributed by atoms with Crippen LogP contribution in [0.5, 0.6) is 5.75 Å². The standard InChI is InChI=1S/C24H17BrCl2N2O2S/c1-14-2-8-18(9-3-14)28-24-29-23(30)21(32-24)12-16-10-19(26)22(20(27)11-16)31-13-15-4-6-17(25)7-5-15/h2-12H,13H2,1H3,(H,28,29,30)/b21-12-. The average molecular weight is 548 g/mol. The molecule has 0 aromatic heterocycles. The first kappa shape index (κ1) is 22.9. The normalized spacial score (nSPS) is 15.9. The van der Waals surface area contributed by atoms with E-state index in [1.165, 1.54) is 11.8 Å². The van der Waals surface area contributed by atoms with Gasteiger partial charge in [-0.1, -0.05) is 69.0 Å². The molecule has 1 aliphatic rings. The third-order valence-corrected chi connectivity index (χ3v) is 6.53. The molecule has 0 saturated carbocycles. The molecule has 32 heavy (non-hydrogen) atoms. The van der Waals surface area contributed by atoms with Crippen LogP contribution in [0.1, 0.15) is 16.7 Å². The van der Waals surface area contributed by atoms with Gasteiger partial charge in [0.25, 0.3) is 5.91 Å². The number of nitrogens with one attached hydrogen (secondary N) is 1. The van der Waals surface area contributed by atoms with Crippen molar-refractivity contribution in [1.82, 2.24) is 5.32 Å². The highest BCUT2D eigenvalue weighted by molar-refractivity contribution is 9.10. The first-order chi connectivity index (χ1) is 15.4. The van der Waals surface area contributed by atoms with Crippen LogP contribution in [-0.4, -0.2) is 11.1 Å². The van der Waals surface area contributed by atoms with Crippen LogP contribution in [-0.2, 0) is 11.4 Å². The van der Waals surface area contributed by atoms with Gasteiger partial charge in [0.15, 0.2) is 10.9 Å². The second-order valence-electron chi connectivity index (χ2n) is 7.05. The van der Waals surface area contributed by atoms with Gasteiger partial charge in [-0.3, -0.25) is 4.79 Å². The van der Waals surface area contributed by atoms with Crippen molar-refractivity contribution in [1.29, 1.82) is 0 Å². The van der Waals surface area contributed by atoms with Crippen LogP contribution in [0.25, 0.3) is 6.08 Å². The fourth-order valence-electron chi connectivity index (χ4n) is 2.91. The van der Waals surface area contributed by atoms with Crippen molar-refractivity contribution in [2.45, 2.75) is 13.5 Å². The molecule has 0 bridgehead atoms. The number of carbonyl (C=O) groups excluding carboxylic acids is 1. The monoisotopic (exact) mass is 546 g/mol. The van der Waals surface area contributed by atoms with Crippen molar-refractivity contribution >= 4 is 73.7 Å². The number of aliphatic imine (C=N–C) groups is 1. The second kappa shape index (κ2) is 10.1. The lowest BCUT2D eigenvalue weighted by molar-refractivity contribution is -0.115. The van der Waals surface area contributed by atoms with E-state index < -0.39 is 0 Å². The molecule has 0 atom stereocenters. The predicted octanol–water partition coefficient (Wildman–Crippen LogP) is 7.53. The number of amidine groups is 1. The number of aryl methyl sites for hydroxylation is 1. The summed E-state index contributed by atoms with van der Waals surface area (Å²) in [6.07, 6.45) is 1.73. The number of ether oxygens (including phenoxy) is 1. The zero-order valence-corrected chi connectivity index (χ0v) is 20.8. The number of amides is 1. The van der Waals surface area contributed by atoms with E-state index in [0.29, 0.717) is 38.0 Å². The highest BCUT2D eigenvalue weighted by Crippen LogP contribution is 2.37. The van der Waals surface area contributed by atoms with Crippen molar-refractivity contribution < 1.29 is 9.53 Å². The number of benzene rings is 3. The molecule has 3 aromatic rings. The van der Waals surface area contributed by atoms with Crippen molar-refractivity contribution in [3.63, 3.8) is 0 Å². The Morgan fingerprint density at radius 2 is 1.72 bits per heavy atom. The fraction of sp³-hybridized carbons (Fsp3) is 0.0833. The Morgan fingerprint density at radius 3 is 2.38 bits per heavy atom. The zero-order chi connectivity index (χ0) is 22.7. The molecule has 4 rings (SSSR count). The second-order valence-corrected chi connectivity index (χ2v) is 9.81. The topological polar surface area (TPSA) is 50.7 Å². The number of hydrogen-bond acceptors (Lipinski definition) is 4. The highest BCUT2D eigenvalue weighted by atomic mass is 79.9. The van der Waals surface area contributed by atoms with E-state index in [4.69, 9.17) is 27.9 Å². The quantitative estimate of drug-likeness (QED) is 0.336. The molecule has 3 aromatic carbocycles. The molecule has 0 aliphatic carbocycles. The van der Waals surface area contributed by atoms with E-state index >= 15 is 0 Å². The number of rotatable bonds is 5. The molecule has 0 radical (unpaired) electrons. The number of hydrogen-bond donors (Lipinski definition) is 1. The molecule has 1 N–H and O–H groups in total. The number of thioether (sulfide) groups is 1. The summed E-state index contributed by atoms with van der Waals surface area (Å²) in [5, 5.41) is 4.05. The minimum atomic E-state index is -0.219. The molecule has 162 valence electrons. The summed E-state index contributed by atoms with van der Waals surface area (Å²) in [6.45, 7) is 2.35. The Kier molecular flexibility index (Phi) is 7.26. The summed E-state index contributed by atoms with van der Waals surface area (Å²) >= 11 is 17.5. The lowest BCUT2D eigenvalue weighted by Gasteiger charge is -2.11. The van der Waals surface area contributed by atoms with Gasteiger partial charge in [0.1, 0.15) is 6.61 Å². The molecule has 8 heteroatoms. The van der Waals surface area contributed by atoms with Crippen LogP contribution in [0.3, 0.4) is 0 Å². The van der Waals surface area contributed by atoms with Gasteiger partial charge >= 0.3 is 0 Å². The van der Waals surface area contributed by atoms with Crippen LogP contribution in [0.15, 0.2) is 75.0 Å². The van der Waals surface area contributed by atoms with E-state index in [1.807, 2.05) is 55.5 Å². The minimum Gasteiger partial charge on any atom is -0.486 e. The van der Waals surface area contributed by atoms with Crippen LogP contribution in [0.2, 0.25) is 10.0 Å². The van der Waals surface area contributed by atoms with Crippen LogP contribution < -0.4 is 10.1 Å². The van der Waals surface area contributed by atoms with Crippen LogP contribution in [0.4, 0.5) is 5.69 Å². The molecule has 0 spiro atoms. The van der Waals surface area contributed by atoms with E-state index in [-0.39, 0.29) is 5.91 Å². The van der Waals surface area contributed by atoms with Gasteiger partial charge in [-0.2, -0.15) is 0 Å². The SMILES string of the molecule is Cc1ccc(N=C2NC(=O)/C(=C/c3cc(Cl)c(OCc4ccc(Br)cc4)c(Cl)c3)S2)cc1. The largest absolute Gasteiger partial charge is 0.486 e.